The van der Waals surface area contributed by atoms with Crippen LogP contribution in [0.5, 0.6) is 11.5 Å². The first-order valence-electron chi connectivity index (χ1n) is 10.4. The van der Waals surface area contributed by atoms with Gasteiger partial charge in [0.05, 0.1) is 24.4 Å². The molecular formula is C23H26BrN3O5. The van der Waals surface area contributed by atoms with Crippen LogP contribution >= 0.6 is 15.9 Å². The van der Waals surface area contributed by atoms with Gasteiger partial charge in [0.25, 0.3) is 5.91 Å². The normalized spacial score (nSPS) is 13.3. The van der Waals surface area contributed by atoms with Crippen LogP contribution in [0.4, 0.5) is 5.69 Å². The summed E-state index contributed by atoms with van der Waals surface area (Å²) in [6.07, 6.45) is 3.91. The number of amides is 1. The number of hydrazone groups is 1. The highest BCUT2D eigenvalue weighted by molar-refractivity contribution is 9.10. The molecule has 32 heavy (non-hydrogen) atoms. The van der Waals surface area contributed by atoms with Crippen LogP contribution in [-0.4, -0.2) is 51.5 Å². The highest BCUT2D eigenvalue weighted by Crippen LogP contribution is 2.36. The maximum absolute atomic E-state index is 12.4. The van der Waals surface area contributed by atoms with Crippen molar-refractivity contribution in [2.24, 2.45) is 5.10 Å². The molecule has 1 fully saturated rings. The Kier molecular flexibility index (Phi) is 8.49. The zero-order chi connectivity index (χ0) is 22.9. The van der Waals surface area contributed by atoms with Crippen molar-refractivity contribution in [2.45, 2.75) is 19.8 Å². The van der Waals surface area contributed by atoms with Crippen LogP contribution in [-0.2, 0) is 9.53 Å². The van der Waals surface area contributed by atoms with Crippen molar-refractivity contribution in [1.29, 1.82) is 0 Å². The average Bonchev–Trinajstić information content (AvgIpc) is 3.33. The Bertz CT molecular complexity index is 972. The van der Waals surface area contributed by atoms with Crippen molar-refractivity contribution < 1.29 is 23.8 Å². The average molecular weight is 504 g/mol. The van der Waals surface area contributed by atoms with Crippen molar-refractivity contribution in [1.82, 2.24) is 5.43 Å². The highest BCUT2D eigenvalue weighted by atomic mass is 79.9. The van der Waals surface area contributed by atoms with E-state index < -0.39 is 5.97 Å². The Morgan fingerprint density at radius 3 is 2.56 bits per heavy atom. The van der Waals surface area contributed by atoms with Crippen LogP contribution in [0, 0.1) is 0 Å². The molecule has 0 spiro atoms. The van der Waals surface area contributed by atoms with E-state index >= 15 is 0 Å². The molecule has 9 heteroatoms. The molecular weight excluding hydrogens is 478 g/mol. The summed E-state index contributed by atoms with van der Waals surface area (Å²) in [6, 6.07) is 10.9. The Labute approximate surface area is 195 Å². The number of ether oxygens (including phenoxy) is 3. The summed E-state index contributed by atoms with van der Waals surface area (Å²) in [6.45, 7) is 3.89. The van der Waals surface area contributed by atoms with Gasteiger partial charge >= 0.3 is 5.97 Å². The summed E-state index contributed by atoms with van der Waals surface area (Å²) >= 11 is 3.41. The van der Waals surface area contributed by atoms with E-state index in [4.69, 9.17) is 14.2 Å². The summed E-state index contributed by atoms with van der Waals surface area (Å²) in [5, 5.41) is 4.04. The first-order valence-corrected chi connectivity index (χ1v) is 11.2. The predicted octanol–water partition coefficient (Wildman–Crippen LogP) is 3.76. The number of nitrogens with one attached hydrogen (secondary N) is 1. The van der Waals surface area contributed by atoms with E-state index in [1.165, 1.54) is 26.2 Å². The maximum Gasteiger partial charge on any atom is 0.344 e. The molecule has 2 aromatic carbocycles. The molecule has 0 saturated carbocycles. The van der Waals surface area contributed by atoms with Gasteiger partial charge in [-0.25, -0.2) is 10.2 Å². The second-order valence-electron chi connectivity index (χ2n) is 7.07. The molecule has 1 amide bonds. The summed E-state index contributed by atoms with van der Waals surface area (Å²) in [5.41, 5.74) is 4.86. The van der Waals surface area contributed by atoms with E-state index in [0.717, 1.165) is 18.8 Å². The largest absolute Gasteiger partial charge is 0.493 e. The fourth-order valence-corrected chi connectivity index (χ4v) is 3.89. The molecule has 8 nitrogen and oxygen atoms in total. The zero-order valence-corrected chi connectivity index (χ0v) is 19.7. The minimum atomic E-state index is -0.469. The van der Waals surface area contributed by atoms with Gasteiger partial charge in [-0.1, -0.05) is 0 Å². The first-order chi connectivity index (χ1) is 15.5. The summed E-state index contributed by atoms with van der Waals surface area (Å²) in [4.78, 5) is 26.2. The zero-order valence-electron chi connectivity index (χ0n) is 18.1. The second-order valence-corrected chi connectivity index (χ2v) is 7.92. The van der Waals surface area contributed by atoms with Gasteiger partial charge in [0.2, 0.25) is 0 Å². The molecule has 0 unspecified atom stereocenters. The Hall–Kier alpha value is -3.07. The molecule has 1 aliphatic rings. The van der Waals surface area contributed by atoms with Crippen molar-refractivity contribution in [3.8, 4) is 11.5 Å². The number of hydrogen-bond acceptors (Lipinski definition) is 7. The van der Waals surface area contributed by atoms with Crippen molar-refractivity contribution >= 4 is 39.7 Å². The van der Waals surface area contributed by atoms with E-state index in [2.05, 4.69) is 31.4 Å². The number of anilines is 1. The topological polar surface area (TPSA) is 89.5 Å². The number of rotatable bonds is 9. The smallest absolute Gasteiger partial charge is 0.344 e. The minimum Gasteiger partial charge on any atom is -0.493 e. The van der Waals surface area contributed by atoms with Crippen LogP contribution in [0.1, 0.15) is 35.7 Å². The van der Waals surface area contributed by atoms with Gasteiger partial charge in [-0.05, 0) is 77.7 Å². The van der Waals surface area contributed by atoms with Crippen molar-refractivity contribution in [3.05, 3.63) is 52.0 Å². The summed E-state index contributed by atoms with van der Waals surface area (Å²) in [5.74, 6) is 0.0201. The van der Waals surface area contributed by atoms with Crippen LogP contribution in [0.2, 0.25) is 0 Å². The number of halogens is 1. The number of carbonyl (C=O) groups is 2. The van der Waals surface area contributed by atoms with Gasteiger partial charge in [-0.3, -0.25) is 4.79 Å². The predicted molar refractivity (Wildman–Crippen MR) is 126 cm³/mol. The standard InChI is InChI=1S/C23H26BrN3O5/c1-3-31-21(28)15-32-22-19(24)12-16(13-20(22)30-2)14-25-26-23(29)17-6-8-18(9-7-17)27-10-4-5-11-27/h6-9,12-14H,3-5,10-11,15H2,1-2H3,(H,26,29)/b25-14-. The van der Waals surface area contributed by atoms with E-state index in [9.17, 15) is 9.59 Å². The van der Waals surface area contributed by atoms with Gasteiger partial charge in [0.15, 0.2) is 18.1 Å². The second kappa shape index (κ2) is 11.5. The molecule has 0 aliphatic carbocycles. The lowest BCUT2D eigenvalue weighted by molar-refractivity contribution is -0.145. The number of benzene rings is 2. The molecule has 3 rings (SSSR count). The fourth-order valence-electron chi connectivity index (χ4n) is 3.32. The maximum atomic E-state index is 12.4. The molecule has 1 N–H and O–H groups in total. The molecule has 0 aromatic heterocycles. The lowest BCUT2D eigenvalue weighted by atomic mass is 10.2. The van der Waals surface area contributed by atoms with E-state index in [-0.39, 0.29) is 19.1 Å². The fraction of sp³-hybridized carbons (Fsp3) is 0.348. The number of nitrogens with zero attached hydrogens (tertiary/aromatic N) is 2. The molecule has 1 saturated heterocycles. The van der Waals surface area contributed by atoms with E-state index in [0.29, 0.717) is 27.1 Å². The van der Waals surface area contributed by atoms with Crippen LogP contribution in [0.3, 0.4) is 0 Å². The molecule has 170 valence electrons. The highest BCUT2D eigenvalue weighted by Gasteiger charge is 2.14. The Morgan fingerprint density at radius 2 is 1.91 bits per heavy atom. The van der Waals surface area contributed by atoms with Crippen LogP contribution < -0.4 is 19.8 Å². The minimum absolute atomic E-state index is 0.233. The first kappa shape index (κ1) is 23.6. The number of methoxy groups -OCH3 is 1. The third-order valence-electron chi connectivity index (χ3n) is 4.87. The van der Waals surface area contributed by atoms with Gasteiger partial charge in [-0.15, -0.1) is 0 Å². The van der Waals surface area contributed by atoms with Gasteiger partial charge < -0.3 is 19.1 Å². The SMILES string of the molecule is CCOC(=O)COc1c(Br)cc(/C=N\NC(=O)c2ccc(N3CCCC3)cc2)cc1OC. The number of carbonyl (C=O) groups excluding carboxylic acids is 2. The molecule has 1 heterocycles. The molecule has 2 aromatic rings. The number of esters is 1. The lowest BCUT2D eigenvalue weighted by Crippen LogP contribution is -2.19. The van der Waals surface area contributed by atoms with Crippen LogP contribution in [0.25, 0.3) is 0 Å². The van der Waals surface area contributed by atoms with Gasteiger partial charge in [0, 0.05) is 24.3 Å². The molecule has 1 aliphatic heterocycles. The van der Waals surface area contributed by atoms with E-state index in [1.807, 2.05) is 12.1 Å². The van der Waals surface area contributed by atoms with Crippen LogP contribution in [0.15, 0.2) is 46.0 Å². The Balaban J connectivity index is 1.61. The summed E-state index contributed by atoms with van der Waals surface area (Å²) < 4.78 is 16.3. The molecule has 0 atom stereocenters. The molecule has 0 radical (unpaired) electrons. The van der Waals surface area contributed by atoms with Gasteiger partial charge in [0.1, 0.15) is 0 Å². The summed E-state index contributed by atoms with van der Waals surface area (Å²) in [7, 11) is 1.49. The number of hydrogen-bond donors (Lipinski definition) is 1. The monoisotopic (exact) mass is 503 g/mol. The molecule has 0 bridgehead atoms. The van der Waals surface area contributed by atoms with Crippen molar-refractivity contribution in [2.75, 3.05) is 38.3 Å². The van der Waals surface area contributed by atoms with Gasteiger partial charge in [-0.2, -0.15) is 5.10 Å². The third kappa shape index (κ3) is 6.23. The third-order valence-corrected chi connectivity index (χ3v) is 5.46. The van der Waals surface area contributed by atoms with E-state index in [1.54, 1.807) is 31.2 Å². The lowest BCUT2D eigenvalue weighted by Gasteiger charge is -2.17. The quantitative estimate of drug-likeness (QED) is 0.318. The van der Waals surface area contributed by atoms with Crippen molar-refractivity contribution in [3.63, 3.8) is 0 Å². The Morgan fingerprint density at radius 1 is 1.19 bits per heavy atom.